The Morgan fingerprint density at radius 3 is 2.61 bits per heavy atom. The highest BCUT2D eigenvalue weighted by atomic mass is 19.1. The molecule has 1 aromatic rings. The van der Waals surface area contributed by atoms with E-state index in [4.69, 9.17) is 10.8 Å². The molecular formula is C14H21FN2O. The van der Waals surface area contributed by atoms with Gasteiger partial charge in [0.25, 0.3) is 0 Å². The van der Waals surface area contributed by atoms with E-state index in [-0.39, 0.29) is 19.0 Å². The monoisotopic (exact) mass is 252 g/mol. The summed E-state index contributed by atoms with van der Waals surface area (Å²) >= 11 is 0. The first-order chi connectivity index (χ1) is 8.76. The van der Waals surface area contributed by atoms with Crippen molar-refractivity contribution in [2.75, 3.05) is 13.2 Å². The van der Waals surface area contributed by atoms with Crippen LogP contribution in [0.3, 0.4) is 0 Å². The number of hydrogen-bond acceptors (Lipinski definition) is 3. The molecule has 0 spiro atoms. The highest BCUT2D eigenvalue weighted by molar-refractivity contribution is 5.26. The van der Waals surface area contributed by atoms with E-state index in [0.29, 0.717) is 30.3 Å². The lowest BCUT2D eigenvalue weighted by Gasteiger charge is -2.37. The second-order valence-electron chi connectivity index (χ2n) is 4.87. The second kappa shape index (κ2) is 6.27. The van der Waals surface area contributed by atoms with E-state index in [0.717, 1.165) is 12.8 Å². The maximum atomic E-state index is 14.1. The van der Waals surface area contributed by atoms with Gasteiger partial charge in [0, 0.05) is 36.8 Å². The van der Waals surface area contributed by atoms with Gasteiger partial charge in [-0.15, -0.1) is 0 Å². The van der Waals surface area contributed by atoms with Crippen LogP contribution in [0.25, 0.3) is 0 Å². The number of nitrogens with two attached hydrogens (primary N) is 1. The third-order valence-corrected chi connectivity index (χ3v) is 3.73. The summed E-state index contributed by atoms with van der Waals surface area (Å²) in [5, 5.41) is 9.10. The maximum absolute atomic E-state index is 14.1. The molecule has 0 aromatic heterocycles. The molecule has 0 saturated heterocycles. The van der Waals surface area contributed by atoms with Gasteiger partial charge in [-0.25, -0.2) is 4.39 Å². The summed E-state index contributed by atoms with van der Waals surface area (Å²) in [5.41, 5.74) is 6.75. The molecule has 0 atom stereocenters. The van der Waals surface area contributed by atoms with Crippen LogP contribution in [0.2, 0.25) is 0 Å². The summed E-state index contributed by atoms with van der Waals surface area (Å²) in [6.45, 7) is 1.51. The Morgan fingerprint density at radius 1 is 1.33 bits per heavy atom. The number of halogens is 1. The fraction of sp³-hybridized carbons (Fsp3) is 0.571. The number of aliphatic hydroxyl groups excluding tert-OH is 1. The molecule has 0 unspecified atom stereocenters. The molecule has 3 N–H and O–H groups in total. The molecule has 2 rings (SSSR count). The molecule has 1 aromatic carbocycles. The summed E-state index contributed by atoms with van der Waals surface area (Å²) in [5.74, 6) is -0.192. The van der Waals surface area contributed by atoms with Gasteiger partial charge in [-0.05, 0) is 12.8 Å². The standard InChI is InChI=1S/C14H21FN2O/c15-14-11(9-16)3-1-4-12(14)10-17(7-8-18)13-5-2-6-13/h1,3-4,13,18H,2,5-10,16H2. The number of benzene rings is 1. The van der Waals surface area contributed by atoms with Gasteiger partial charge < -0.3 is 10.8 Å². The lowest BCUT2D eigenvalue weighted by molar-refractivity contribution is 0.0934. The molecule has 0 radical (unpaired) electrons. The van der Waals surface area contributed by atoms with E-state index in [9.17, 15) is 4.39 Å². The first-order valence-corrected chi connectivity index (χ1v) is 6.57. The molecule has 100 valence electrons. The van der Waals surface area contributed by atoms with Crippen LogP contribution in [0, 0.1) is 5.82 Å². The third-order valence-electron chi connectivity index (χ3n) is 3.73. The number of aliphatic hydroxyl groups is 1. The summed E-state index contributed by atoms with van der Waals surface area (Å²) in [6, 6.07) is 5.87. The zero-order chi connectivity index (χ0) is 13.0. The minimum Gasteiger partial charge on any atom is -0.395 e. The normalized spacial score (nSPS) is 16.0. The van der Waals surface area contributed by atoms with E-state index in [2.05, 4.69) is 4.90 Å². The SMILES string of the molecule is NCc1cccc(CN(CCO)C2CCC2)c1F. The molecule has 0 aliphatic heterocycles. The van der Waals surface area contributed by atoms with Gasteiger partial charge in [-0.3, -0.25) is 4.90 Å². The van der Waals surface area contributed by atoms with E-state index in [1.807, 2.05) is 6.07 Å². The van der Waals surface area contributed by atoms with Crippen molar-refractivity contribution in [2.24, 2.45) is 5.73 Å². The Bertz CT molecular complexity index is 393. The molecule has 1 fully saturated rings. The van der Waals surface area contributed by atoms with Gasteiger partial charge in [-0.2, -0.15) is 0 Å². The Labute approximate surface area is 107 Å². The van der Waals surface area contributed by atoms with Crippen molar-refractivity contribution < 1.29 is 9.50 Å². The average molecular weight is 252 g/mol. The summed E-state index contributed by atoms with van der Waals surface area (Å²) in [4.78, 5) is 2.17. The molecule has 0 heterocycles. The highest BCUT2D eigenvalue weighted by Crippen LogP contribution is 2.26. The van der Waals surface area contributed by atoms with Crippen LogP contribution >= 0.6 is 0 Å². The molecule has 0 amide bonds. The molecule has 4 heteroatoms. The van der Waals surface area contributed by atoms with Crippen molar-refractivity contribution in [1.82, 2.24) is 4.90 Å². The van der Waals surface area contributed by atoms with Gasteiger partial charge in [0.15, 0.2) is 0 Å². The van der Waals surface area contributed by atoms with Crippen LogP contribution in [0.5, 0.6) is 0 Å². The summed E-state index contributed by atoms with van der Waals surface area (Å²) in [6.07, 6.45) is 3.54. The van der Waals surface area contributed by atoms with Crippen molar-refractivity contribution in [3.05, 3.63) is 35.1 Å². The first kappa shape index (κ1) is 13.5. The Hall–Kier alpha value is -0.970. The van der Waals surface area contributed by atoms with Crippen LogP contribution in [-0.4, -0.2) is 29.2 Å². The molecular weight excluding hydrogens is 231 g/mol. The Morgan fingerprint density at radius 2 is 2.06 bits per heavy atom. The van der Waals surface area contributed by atoms with Crippen LogP contribution in [0.15, 0.2) is 18.2 Å². The topological polar surface area (TPSA) is 49.5 Å². The van der Waals surface area contributed by atoms with E-state index < -0.39 is 0 Å². The van der Waals surface area contributed by atoms with Gasteiger partial charge in [0.05, 0.1) is 6.61 Å². The maximum Gasteiger partial charge on any atom is 0.132 e. The summed E-state index contributed by atoms with van der Waals surface area (Å²) < 4.78 is 14.1. The third kappa shape index (κ3) is 2.88. The van der Waals surface area contributed by atoms with E-state index >= 15 is 0 Å². The van der Waals surface area contributed by atoms with Gasteiger partial charge in [0.1, 0.15) is 5.82 Å². The fourth-order valence-electron chi connectivity index (χ4n) is 2.40. The molecule has 1 aliphatic carbocycles. The minimum absolute atomic E-state index is 0.120. The zero-order valence-corrected chi connectivity index (χ0v) is 10.6. The van der Waals surface area contributed by atoms with Crippen LogP contribution < -0.4 is 5.73 Å². The lowest BCUT2D eigenvalue weighted by atomic mass is 9.91. The number of rotatable bonds is 6. The molecule has 0 bridgehead atoms. The van der Waals surface area contributed by atoms with Crippen molar-refractivity contribution in [3.63, 3.8) is 0 Å². The molecule has 18 heavy (non-hydrogen) atoms. The predicted octanol–water partition coefficient (Wildman–Crippen LogP) is 1.63. The second-order valence-corrected chi connectivity index (χ2v) is 4.87. The smallest absolute Gasteiger partial charge is 0.132 e. The first-order valence-electron chi connectivity index (χ1n) is 6.57. The Kier molecular flexibility index (Phi) is 4.69. The predicted molar refractivity (Wildman–Crippen MR) is 69.4 cm³/mol. The average Bonchev–Trinajstić information content (AvgIpc) is 2.30. The van der Waals surface area contributed by atoms with Crippen molar-refractivity contribution >= 4 is 0 Å². The minimum atomic E-state index is -0.192. The van der Waals surface area contributed by atoms with Gasteiger partial charge in [-0.1, -0.05) is 24.6 Å². The summed E-state index contributed by atoms with van der Waals surface area (Å²) in [7, 11) is 0. The molecule has 1 saturated carbocycles. The van der Waals surface area contributed by atoms with Crippen LogP contribution in [-0.2, 0) is 13.1 Å². The van der Waals surface area contributed by atoms with Crippen molar-refractivity contribution in [2.45, 2.75) is 38.4 Å². The Balaban J connectivity index is 2.10. The van der Waals surface area contributed by atoms with Gasteiger partial charge in [0.2, 0.25) is 0 Å². The van der Waals surface area contributed by atoms with Crippen molar-refractivity contribution in [1.29, 1.82) is 0 Å². The van der Waals surface area contributed by atoms with Gasteiger partial charge >= 0.3 is 0 Å². The highest BCUT2D eigenvalue weighted by Gasteiger charge is 2.25. The number of hydrogen-bond donors (Lipinski definition) is 2. The molecule has 3 nitrogen and oxygen atoms in total. The van der Waals surface area contributed by atoms with E-state index in [1.54, 1.807) is 12.1 Å². The van der Waals surface area contributed by atoms with Crippen LogP contribution in [0.4, 0.5) is 4.39 Å². The fourth-order valence-corrected chi connectivity index (χ4v) is 2.40. The molecule has 1 aliphatic rings. The lowest BCUT2D eigenvalue weighted by Crippen LogP contribution is -2.41. The zero-order valence-electron chi connectivity index (χ0n) is 10.6. The quantitative estimate of drug-likeness (QED) is 0.809. The number of nitrogens with zero attached hydrogens (tertiary/aromatic N) is 1. The largest absolute Gasteiger partial charge is 0.395 e. The van der Waals surface area contributed by atoms with Crippen LogP contribution in [0.1, 0.15) is 30.4 Å². The van der Waals surface area contributed by atoms with E-state index in [1.165, 1.54) is 6.42 Å². The van der Waals surface area contributed by atoms with Crippen molar-refractivity contribution in [3.8, 4) is 0 Å².